The number of aliphatic carboxylic acids is 1. The first-order valence-electron chi connectivity index (χ1n) is 4.89. The maximum Gasteiger partial charge on any atom is 1.00 e. The summed E-state index contributed by atoms with van der Waals surface area (Å²) in [5.74, 6) is -4.93. The van der Waals surface area contributed by atoms with Crippen molar-refractivity contribution in [3.63, 3.8) is 0 Å². The largest absolute Gasteiger partial charge is 1.00 e. The third-order valence-corrected chi connectivity index (χ3v) is 4.99. The average Bonchev–Trinajstić information content (AvgIpc) is 2.57. The van der Waals surface area contributed by atoms with E-state index < -0.39 is 40.7 Å². The van der Waals surface area contributed by atoms with Crippen LogP contribution in [-0.2, 0) is 14.4 Å². The Bertz CT molecular complexity index is 510. The summed E-state index contributed by atoms with van der Waals surface area (Å²) in [4.78, 5) is 33.8. The zero-order chi connectivity index (χ0) is 14.4. The van der Waals surface area contributed by atoms with E-state index in [0.29, 0.717) is 11.8 Å². The zero-order valence-corrected chi connectivity index (χ0v) is 14.2. The number of ketones is 1. The molecule has 1 atom stereocenters. The maximum atomic E-state index is 12.0. The van der Waals surface area contributed by atoms with Crippen molar-refractivity contribution >= 4 is 41.2 Å². The summed E-state index contributed by atoms with van der Waals surface area (Å²) in [6.07, 6.45) is -4.83. The maximum absolute atomic E-state index is 12.0. The topological polar surface area (TPSA) is 109 Å². The monoisotopic (exact) mass is 353 g/mol. The number of rotatable bonds is 4. The molecule has 0 aliphatic carbocycles. The van der Waals surface area contributed by atoms with E-state index in [0.717, 1.165) is 16.7 Å². The second-order valence-corrected chi connectivity index (χ2v) is 6.11. The molecule has 2 aliphatic rings. The molecule has 0 saturated carbocycles. The molecule has 112 valence electrons. The Morgan fingerprint density at radius 2 is 2.00 bits per heavy atom. The van der Waals surface area contributed by atoms with E-state index in [1.807, 2.05) is 0 Å². The summed E-state index contributed by atoms with van der Waals surface area (Å²) in [5, 5.41) is 10.5. The van der Waals surface area contributed by atoms with Gasteiger partial charge in [0.15, 0.2) is 0 Å². The molecule has 0 spiro atoms. The molecule has 12 heteroatoms. The summed E-state index contributed by atoms with van der Waals surface area (Å²) in [7, 11) is 0. The molecule has 0 aromatic carbocycles. The average molecular weight is 353 g/mol. The van der Waals surface area contributed by atoms with Crippen LogP contribution in [0.4, 0.5) is 13.2 Å². The SMILES string of the molecule is O.O=C([O-])C1=C(SCC(=O)C(F)(F)F)S[C@H]2CC(=O)N12.[Na+]. The van der Waals surface area contributed by atoms with Gasteiger partial charge >= 0.3 is 35.7 Å². The van der Waals surface area contributed by atoms with Crippen molar-refractivity contribution in [3.8, 4) is 0 Å². The molecule has 0 radical (unpaired) electrons. The number of halogens is 3. The van der Waals surface area contributed by atoms with Crippen LogP contribution in [0.1, 0.15) is 6.42 Å². The van der Waals surface area contributed by atoms with Gasteiger partial charge in [0, 0.05) is 0 Å². The quantitative estimate of drug-likeness (QED) is 0.380. The molecule has 21 heavy (non-hydrogen) atoms. The van der Waals surface area contributed by atoms with Gasteiger partial charge in [-0.2, -0.15) is 13.2 Å². The summed E-state index contributed by atoms with van der Waals surface area (Å²) < 4.78 is 36.1. The van der Waals surface area contributed by atoms with Crippen molar-refractivity contribution in [2.24, 2.45) is 0 Å². The number of alkyl halides is 3. The van der Waals surface area contributed by atoms with E-state index in [1.54, 1.807) is 0 Å². The number of β-lactam (4-membered cyclic amide) rings is 1. The number of hydrogen-bond acceptors (Lipinski definition) is 6. The normalized spacial score (nSPS) is 20.2. The van der Waals surface area contributed by atoms with Crippen molar-refractivity contribution < 1.29 is 67.7 Å². The van der Waals surface area contributed by atoms with Gasteiger partial charge in [0.05, 0.1) is 33.5 Å². The van der Waals surface area contributed by atoms with E-state index in [-0.39, 0.29) is 45.7 Å². The molecule has 2 rings (SSSR count). The number of fused-ring (bicyclic) bond motifs is 1. The minimum absolute atomic E-state index is 0. The van der Waals surface area contributed by atoms with Crippen LogP contribution in [0.25, 0.3) is 0 Å². The number of thioether (sulfide) groups is 2. The fraction of sp³-hybridized carbons (Fsp3) is 0.444. The van der Waals surface area contributed by atoms with Crippen LogP contribution in [-0.4, -0.2) is 45.3 Å². The fourth-order valence-corrected chi connectivity index (χ4v) is 4.15. The number of Topliss-reactive ketones (excluding diaryl/α,β-unsaturated/α-hetero) is 1. The molecule has 0 bridgehead atoms. The van der Waals surface area contributed by atoms with E-state index in [4.69, 9.17) is 0 Å². The molecule has 0 aromatic heterocycles. The minimum Gasteiger partial charge on any atom is -0.543 e. The molecule has 1 fully saturated rings. The Kier molecular flexibility index (Phi) is 7.31. The van der Waals surface area contributed by atoms with Crippen LogP contribution in [0.2, 0.25) is 0 Å². The number of carbonyl (C=O) groups is 3. The molecule has 0 unspecified atom stereocenters. The number of carboxylic acids is 1. The van der Waals surface area contributed by atoms with Gasteiger partial charge in [-0.25, -0.2) is 0 Å². The van der Waals surface area contributed by atoms with Crippen LogP contribution >= 0.6 is 23.5 Å². The van der Waals surface area contributed by atoms with Gasteiger partial charge in [-0.1, -0.05) is 11.8 Å². The summed E-state index contributed by atoms with van der Waals surface area (Å²) in [6.45, 7) is 0. The number of carbonyl (C=O) groups excluding carboxylic acids is 3. The molecule has 2 N–H and O–H groups in total. The van der Waals surface area contributed by atoms with Crippen molar-refractivity contribution in [3.05, 3.63) is 9.93 Å². The number of nitrogens with zero attached hydrogens (tertiary/aromatic N) is 1. The van der Waals surface area contributed by atoms with Crippen molar-refractivity contribution in [2.75, 3.05) is 5.75 Å². The van der Waals surface area contributed by atoms with Crippen LogP contribution < -0.4 is 34.7 Å². The smallest absolute Gasteiger partial charge is 0.543 e. The van der Waals surface area contributed by atoms with E-state index in [9.17, 15) is 32.7 Å². The van der Waals surface area contributed by atoms with Gasteiger partial charge in [-0.05, 0) is 0 Å². The van der Waals surface area contributed by atoms with Gasteiger partial charge in [0.2, 0.25) is 11.7 Å². The minimum atomic E-state index is -4.95. The van der Waals surface area contributed by atoms with Crippen LogP contribution in [0.5, 0.6) is 0 Å². The van der Waals surface area contributed by atoms with Gasteiger partial charge in [0.25, 0.3) is 0 Å². The van der Waals surface area contributed by atoms with Gasteiger partial charge in [0.1, 0.15) is 0 Å². The summed E-state index contributed by atoms with van der Waals surface area (Å²) in [6, 6.07) is 0. The van der Waals surface area contributed by atoms with Crippen LogP contribution in [0, 0.1) is 0 Å². The predicted molar refractivity (Wildman–Crippen MR) is 62.0 cm³/mol. The first-order valence-corrected chi connectivity index (χ1v) is 6.75. The van der Waals surface area contributed by atoms with E-state index in [1.165, 1.54) is 0 Å². The van der Waals surface area contributed by atoms with Crippen LogP contribution in [0.15, 0.2) is 9.93 Å². The predicted octanol–water partition coefficient (Wildman–Crippen LogP) is -3.75. The Morgan fingerprint density at radius 1 is 1.43 bits per heavy atom. The molecule has 2 aliphatic heterocycles. The fourth-order valence-electron chi connectivity index (χ4n) is 1.52. The second-order valence-electron chi connectivity index (χ2n) is 3.67. The third kappa shape index (κ3) is 4.17. The van der Waals surface area contributed by atoms with Crippen molar-refractivity contribution in [1.29, 1.82) is 0 Å². The summed E-state index contributed by atoms with van der Waals surface area (Å²) >= 11 is 1.42. The number of carboxylic acid groups (broad SMARTS) is 1. The van der Waals surface area contributed by atoms with Gasteiger partial charge < -0.3 is 15.4 Å². The van der Waals surface area contributed by atoms with Crippen LogP contribution in [0.3, 0.4) is 0 Å². The molecule has 1 saturated heterocycles. The Labute approximate surface area is 147 Å². The van der Waals surface area contributed by atoms with Gasteiger partial charge in [-0.3, -0.25) is 14.5 Å². The Balaban J connectivity index is 0.00000200. The molecular weight excluding hydrogens is 346 g/mol. The molecule has 2 heterocycles. The Hall–Kier alpha value is -0.200. The standard InChI is InChI=1S/C9H6F3NO4S2.Na.H2O/c10-9(11,12)3(14)2-18-8-6(7(16)17)13-4(15)1-5(13)19-8;;/h5H,1-2H2,(H,16,17);;1H2/q;+1;/p-1/t5-;;/m0../s1. The molecule has 0 aromatic rings. The molecular formula is C9H7F3NNaO5S2. The second kappa shape index (κ2) is 7.38. The first kappa shape index (κ1) is 20.8. The van der Waals surface area contributed by atoms with Gasteiger partial charge in [-0.15, -0.1) is 11.8 Å². The zero-order valence-electron chi connectivity index (χ0n) is 10.5. The van der Waals surface area contributed by atoms with Crippen molar-refractivity contribution in [1.82, 2.24) is 4.90 Å². The summed E-state index contributed by atoms with van der Waals surface area (Å²) in [5.41, 5.74) is -0.439. The van der Waals surface area contributed by atoms with E-state index >= 15 is 0 Å². The first-order chi connectivity index (χ1) is 8.71. The number of hydrogen-bond donors (Lipinski definition) is 0. The van der Waals surface area contributed by atoms with E-state index in [2.05, 4.69) is 0 Å². The Morgan fingerprint density at radius 3 is 2.43 bits per heavy atom. The number of amides is 1. The van der Waals surface area contributed by atoms with Crippen molar-refractivity contribution in [2.45, 2.75) is 18.0 Å². The molecule has 1 amide bonds. The third-order valence-electron chi connectivity index (χ3n) is 2.43. The molecule has 6 nitrogen and oxygen atoms in total.